The molecule has 1 aromatic carbocycles. The number of nitriles is 1. The molecule has 0 aliphatic heterocycles. The first-order valence-electron chi connectivity index (χ1n) is 3.34. The molecule has 0 unspecified atom stereocenters. The monoisotopic (exact) mass is 178 g/mol. The predicted octanol–water partition coefficient (Wildman–Crippen LogP) is 0.752. The summed E-state index contributed by atoms with van der Waals surface area (Å²) in [5.41, 5.74) is 2.45. The third kappa shape index (κ3) is 1.72. The van der Waals surface area contributed by atoms with Crippen LogP contribution in [-0.2, 0) is 0 Å². The number of benzene rings is 1. The zero-order valence-electron chi connectivity index (χ0n) is 6.52. The van der Waals surface area contributed by atoms with Gasteiger partial charge in [-0.2, -0.15) is 5.26 Å². The summed E-state index contributed by atoms with van der Waals surface area (Å²) in [5.74, 6) is 5.05. The van der Waals surface area contributed by atoms with E-state index in [2.05, 4.69) is 5.43 Å². The van der Waals surface area contributed by atoms with Gasteiger partial charge in [-0.1, -0.05) is 0 Å². The number of rotatable bonds is 2. The van der Waals surface area contributed by atoms with Gasteiger partial charge >= 0.3 is 0 Å². The Labute approximate surface area is 73.7 Å². The molecule has 0 fully saturated rings. The Morgan fingerprint density at radius 2 is 2.31 bits per heavy atom. The molecule has 0 spiro atoms. The minimum atomic E-state index is -0.573. The van der Waals surface area contributed by atoms with Crippen LogP contribution in [0.4, 0.5) is 11.4 Å². The van der Waals surface area contributed by atoms with Crippen molar-refractivity contribution in [2.45, 2.75) is 0 Å². The number of nitrogens with zero attached hydrogens (tertiary/aromatic N) is 2. The number of hydrazine groups is 1. The van der Waals surface area contributed by atoms with Gasteiger partial charge in [0.05, 0.1) is 16.6 Å². The van der Waals surface area contributed by atoms with Crippen molar-refractivity contribution in [1.29, 1.82) is 5.26 Å². The molecule has 66 valence electrons. The normalized spacial score (nSPS) is 8.92. The second-order valence-corrected chi connectivity index (χ2v) is 2.25. The summed E-state index contributed by atoms with van der Waals surface area (Å²) in [5, 5.41) is 18.9. The van der Waals surface area contributed by atoms with Crippen LogP contribution in [0.25, 0.3) is 0 Å². The molecule has 0 aromatic heterocycles. The molecule has 0 saturated carbocycles. The molecule has 13 heavy (non-hydrogen) atoms. The molecule has 3 N–H and O–H groups in total. The molecule has 1 aromatic rings. The second-order valence-electron chi connectivity index (χ2n) is 2.25. The van der Waals surface area contributed by atoms with Crippen LogP contribution >= 0.6 is 0 Å². The highest BCUT2D eigenvalue weighted by molar-refractivity contribution is 5.63. The third-order valence-electron chi connectivity index (χ3n) is 1.48. The fraction of sp³-hybridized carbons (Fsp3) is 0. The first kappa shape index (κ1) is 8.96. The van der Waals surface area contributed by atoms with Crippen LogP contribution < -0.4 is 11.3 Å². The highest BCUT2D eigenvalue weighted by Gasteiger charge is 2.12. The van der Waals surface area contributed by atoms with E-state index >= 15 is 0 Å². The number of nitro benzene ring substituents is 1. The first-order chi connectivity index (χ1) is 6.19. The molecule has 0 amide bonds. The van der Waals surface area contributed by atoms with E-state index in [9.17, 15) is 10.1 Å². The minimum Gasteiger partial charge on any atom is -0.318 e. The average Bonchev–Trinajstić information content (AvgIpc) is 2.16. The maximum atomic E-state index is 10.4. The van der Waals surface area contributed by atoms with Crippen molar-refractivity contribution < 1.29 is 4.92 Å². The Morgan fingerprint density at radius 3 is 2.77 bits per heavy atom. The quantitative estimate of drug-likeness (QED) is 0.395. The van der Waals surface area contributed by atoms with E-state index in [-0.39, 0.29) is 11.4 Å². The van der Waals surface area contributed by atoms with E-state index < -0.39 is 4.92 Å². The van der Waals surface area contributed by atoms with Crippen LogP contribution in [0.2, 0.25) is 0 Å². The van der Waals surface area contributed by atoms with Crippen molar-refractivity contribution in [3.8, 4) is 6.07 Å². The molecule has 0 aliphatic rings. The molecule has 0 atom stereocenters. The van der Waals surface area contributed by atoms with Crippen LogP contribution in [0.15, 0.2) is 18.2 Å². The van der Waals surface area contributed by atoms with E-state index in [1.54, 1.807) is 0 Å². The van der Waals surface area contributed by atoms with Crippen molar-refractivity contribution in [3.05, 3.63) is 33.9 Å². The Morgan fingerprint density at radius 1 is 1.62 bits per heavy atom. The Kier molecular flexibility index (Phi) is 2.42. The summed E-state index contributed by atoms with van der Waals surface area (Å²) in [6, 6.07) is 5.76. The molecule has 0 saturated heterocycles. The van der Waals surface area contributed by atoms with E-state index in [4.69, 9.17) is 11.1 Å². The number of nitro groups is 1. The molecular weight excluding hydrogens is 172 g/mol. The lowest BCUT2D eigenvalue weighted by atomic mass is 10.2. The topological polar surface area (TPSA) is 105 Å². The van der Waals surface area contributed by atoms with Gasteiger partial charge in [-0.05, 0) is 12.1 Å². The highest BCUT2D eigenvalue weighted by Crippen LogP contribution is 2.23. The van der Waals surface area contributed by atoms with E-state index in [0.29, 0.717) is 5.56 Å². The van der Waals surface area contributed by atoms with Crippen LogP contribution in [0, 0.1) is 21.4 Å². The fourth-order valence-corrected chi connectivity index (χ4v) is 0.880. The largest absolute Gasteiger partial charge is 0.318 e. The molecule has 0 heterocycles. The molecule has 0 bridgehead atoms. The lowest BCUT2D eigenvalue weighted by molar-refractivity contribution is -0.384. The summed E-state index contributed by atoms with van der Waals surface area (Å²) >= 11 is 0. The maximum Gasteiger partial charge on any atom is 0.293 e. The van der Waals surface area contributed by atoms with E-state index in [1.165, 1.54) is 18.2 Å². The highest BCUT2D eigenvalue weighted by atomic mass is 16.6. The van der Waals surface area contributed by atoms with Crippen molar-refractivity contribution in [2.24, 2.45) is 5.84 Å². The number of nitrogens with two attached hydrogens (primary N) is 1. The molecule has 0 aliphatic carbocycles. The number of hydrogen-bond donors (Lipinski definition) is 2. The van der Waals surface area contributed by atoms with Gasteiger partial charge < -0.3 is 5.43 Å². The summed E-state index contributed by atoms with van der Waals surface area (Å²) in [4.78, 5) is 9.83. The number of hydrogen-bond acceptors (Lipinski definition) is 5. The van der Waals surface area contributed by atoms with Gasteiger partial charge in [-0.15, -0.1) is 0 Å². The Hall–Kier alpha value is -2.13. The number of anilines is 1. The average molecular weight is 178 g/mol. The van der Waals surface area contributed by atoms with Gasteiger partial charge in [-0.25, -0.2) is 0 Å². The van der Waals surface area contributed by atoms with Crippen LogP contribution in [-0.4, -0.2) is 4.92 Å². The summed E-state index contributed by atoms with van der Waals surface area (Å²) in [6.45, 7) is 0. The predicted molar refractivity (Wildman–Crippen MR) is 45.6 cm³/mol. The zero-order chi connectivity index (χ0) is 9.84. The van der Waals surface area contributed by atoms with Crippen LogP contribution in [0.1, 0.15) is 5.56 Å². The molecule has 1 rings (SSSR count). The molecule has 6 nitrogen and oxygen atoms in total. The van der Waals surface area contributed by atoms with Gasteiger partial charge in [0.25, 0.3) is 5.69 Å². The standard InChI is InChI=1S/C7H6N4O2/c8-4-5-1-2-7(11(12)13)6(3-5)10-9/h1-3,10H,9H2. The fourth-order valence-electron chi connectivity index (χ4n) is 0.880. The van der Waals surface area contributed by atoms with Crippen molar-refractivity contribution in [2.75, 3.05) is 5.43 Å². The first-order valence-corrected chi connectivity index (χ1v) is 3.34. The van der Waals surface area contributed by atoms with Crippen molar-refractivity contribution in [1.82, 2.24) is 0 Å². The number of nitrogen functional groups attached to an aromatic ring is 1. The zero-order valence-corrected chi connectivity index (χ0v) is 6.52. The Bertz CT molecular complexity index is 383. The maximum absolute atomic E-state index is 10.4. The number of nitrogens with one attached hydrogen (secondary N) is 1. The summed E-state index contributed by atoms with van der Waals surface area (Å²) < 4.78 is 0. The smallest absolute Gasteiger partial charge is 0.293 e. The molecule has 0 radical (unpaired) electrons. The molecular formula is C7H6N4O2. The minimum absolute atomic E-state index is 0.129. The van der Waals surface area contributed by atoms with E-state index in [0.717, 1.165) is 0 Å². The lowest BCUT2D eigenvalue weighted by Crippen LogP contribution is -2.09. The second kappa shape index (κ2) is 3.51. The Balaban J connectivity index is 3.25. The van der Waals surface area contributed by atoms with Crippen LogP contribution in [0.3, 0.4) is 0 Å². The lowest BCUT2D eigenvalue weighted by Gasteiger charge is -2.00. The van der Waals surface area contributed by atoms with Crippen LogP contribution in [0.5, 0.6) is 0 Å². The summed E-state index contributed by atoms with van der Waals surface area (Å²) in [6.07, 6.45) is 0. The van der Waals surface area contributed by atoms with Gasteiger partial charge in [-0.3, -0.25) is 16.0 Å². The SMILES string of the molecule is N#Cc1ccc([N+](=O)[O-])c(NN)c1. The van der Waals surface area contributed by atoms with Crippen molar-refractivity contribution >= 4 is 11.4 Å². The third-order valence-corrected chi connectivity index (χ3v) is 1.48. The van der Waals surface area contributed by atoms with Gasteiger partial charge in [0, 0.05) is 6.07 Å². The summed E-state index contributed by atoms with van der Waals surface area (Å²) in [7, 11) is 0. The van der Waals surface area contributed by atoms with Gasteiger partial charge in [0.15, 0.2) is 0 Å². The van der Waals surface area contributed by atoms with Gasteiger partial charge in [0.1, 0.15) is 5.69 Å². The molecule has 6 heteroatoms. The van der Waals surface area contributed by atoms with Crippen molar-refractivity contribution in [3.63, 3.8) is 0 Å². The van der Waals surface area contributed by atoms with Gasteiger partial charge in [0.2, 0.25) is 0 Å². The van der Waals surface area contributed by atoms with E-state index in [1.807, 2.05) is 6.07 Å².